The van der Waals surface area contributed by atoms with Crippen molar-refractivity contribution in [1.82, 2.24) is 0 Å². The number of phenols is 2. The van der Waals surface area contributed by atoms with Gasteiger partial charge in [0.05, 0.1) is 0 Å². The minimum atomic E-state index is -0.409. The predicted octanol–water partition coefficient (Wildman–Crippen LogP) is 3.11. The van der Waals surface area contributed by atoms with Crippen molar-refractivity contribution >= 4 is 27.5 Å². The van der Waals surface area contributed by atoms with Crippen LogP contribution in [0.15, 0.2) is 46.9 Å². The molecule has 0 aliphatic heterocycles. The van der Waals surface area contributed by atoms with E-state index >= 15 is 0 Å². The van der Waals surface area contributed by atoms with Crippen LogP contribution in [0.25, 0.3) is 0 Å². The van der Waals surface area contributed by atoms with Crippen molar-refractivity contribution in [2.24, 2.45) is 0 Å². The summed E-state index contributed by atoms with van der Waals surface area (Å²) >= 11 is 3.27. The largest absolute Gasteiger partial charge is 0.506 e. The van der Waals surface area contributed by atoms with E-state index in [0.717, 1.165) is 4.47 Å². The summed E-state index contributed by atoms with van der Waals surface area (Å²) in [4.78, 5) is 11.9. The number of carbonyl (C=O) groups is 1. The maximum absolute atomic E-state index is 11.9. The van der Waals surface area contributed by atoms with Gasteiger partial charge in [0.2, 0.25) is 0 Å². The van der Waals surface area contributed by atoms with Gasteiger partial charge < -0.3 is 15.5 Å². The minimum absolute atomic E-state index is 0.00229. The fourth-order valence-electron chi connectivity index (χ4n) is 1.47. The van der Waals surface area contributed by atoms with Gasteiger partial charge in [0.25, 0.3) is 5.91 Å². The third-order valence-corrected chi connectivity index (χ3v) is 2.84. The summed E-state index contributed by atoms with van der Waals surface area (Å²) in [7, 11) is 0. The van der Waals surface area contributed by atoms with E-state index < -0.39 is 5.91 Å². The van der Waals surface area contributed by atoms with Gasteiger partial charge in [-0.2, -0.15) is 0 Å². The molecule has 18 heavy (non-hydrogen) atoms. The number of nitrogens with one attached hydrogen (secondary N) is 1. The molecule has 0 fully saturated rings. The van der Waals surface area contributed by atoms with Crippen molar-refractivity contribution in [3.63, 3.8) is 0 Å². The summed E-state index contributed by atoms with van der Waals surface area (Å²) in [6.07, 6.45) is 0. The Morgan fingerprint density at radius 2 is 1.67 bits per heavy atom. The average molecular weight is 308 g/mol. The van der Waals surface area contributed by atoms with Crippen molar-refractivity contribution in [3.8, 4) is 11.5 Å². The van der Waals surface area contributed by atoms with Crippen LogP contribution >= 0.6 is 15.9 Å². The molecule has 2 rings (SSSR count). The fourth-order valence-corrected chi connectivity index (χ4v) is 1.87. The molecule has 0 atom stereocenters. The maximum atomic E-state index is 11.9. The topological polar surface area (TPSA) is 69.6 Å². The highest BCUT2D eigenvalue weighted by Gasteiger charge is 2.12. The normalized spacial score (nSPS) is 10.1. The number of amides is 1. The summed E-state index contributed by atoms with van der Waals surface area (Å²) in [6, 6.07) is 11.1. The molecule has 0 spiro atoms. The average Bonchev–Trinajstić information content (AvgIpc) is 2.34. The van der Waals surface area contributed by atoms with E-state index in [-0.39, 0.29) is 17.2 Å². The maximum Gasteiger partial charge on any atom is 0.255 e. The number of halogens is 1. The molecule has 0 radical (unpaired) electrons. The summed E-state index contributed by atoms with van der Waals surface area (Å²) in [5.41, 5.74) is 0.425. The standard InChI is InChI=1S/C13H10BrNO3/c14-9-4-1-3-8(7-9)13(18)15-12-10(16)5-2-6-11(12)17/h1-7,16-17H,(H,15,18). The second kappa shape index (κ2) is 5.10. The molecule has 2 aromatic carbocycles. The van der Waals surface area contributed by atoms with Gasteiger partial charge in [0.15, 0.2) is 0 Å². The molecule has 3 N–H and O–H groups in total. The molecule has 4 nitrogen and oxygen atoms in total. The number of hydrogen-bond donors (Lipinski definition) is 3. The van der Waals surface area contributed by atoms with Gasteiger partial charge in [0, 0.05) is 10.0 Å². The Morgan fingerprint density at radius 1 is 1.06 bits per heavy atom. The Labute approximate surface area is 112 Å². The van der Waals surface area contributed by atoms with E-state index in [1.807, 2.05) is 0 Å². The van der Waals surface area contributed by atoms with Gasteiger partial charge in [0.1, 0.15) is 17.2 Å². The van der Waals surface area contributed by atoms with Crippen molar-refractivity contribution in [2.45, 2.75) is 0 Å². The number of rotatable bonds is 2. The highest BCUT2D eigenvalue weighted by atomic mass is 79.9. The SMILES string of the molecule is O=C(Nc1c(O)cccc1O)c1cccc(Br)c1. The quantitative estimate of drug-likeness (QED) is 0.747. The Morgan fingerprint density at radius 3 is 2.28 bits per heavy atom. The number of hydrogen-bond acceptors (Lipinski definition) is 3. The Balaban J connectivity index is 2.27. The second-order valence-electron chi connectivity index (χ2n) is 3.64. The van der Waals surface area contributed by atoms with Crippen LogP contribution < -0.4 is 5.32 Å². The number of benzene rings is 2. The van der Waals surface area contributed by atoms with Crippen LogP contribution in [0, 0.1) is 0 Å². The molecule has 5 heteroatoms. The third kappa shape index (κ3) is 2.62. The van der Waals surface area contributed by atoms with Gasteiger partial charge in [-0.15, -0.1) is 0 Å². The van der Waals surface area contributed by atoms with Gasteiger partial charge in [-0.05, 0) is 30.3 Å². The van der Waals surface area contributed by atoms with Crippen molar-refractivity contribution < 1.29 is 15.0 Å². The monoisotopic (exact) mass is 307 g/mol. The molecule has 92 valence electrons. The lowest BCUT2D eigenvalue weighted by atomic mass is 10.2. The summed E-state index contributed by atoms with van der Waals surface area (Å²) in [6.45, 7) is 0. The van der Waals surface area contributed by atoms with Crippen LogP contribution in [0.4, 0.5) is 5.69 Å². The van der Waals surface area contributed by atoms with Crippen LogP contribution in [0.3, 0.4) is 0 Å². The van der Waals surface area contributed by atoms with Crippen molar-refractivity contribution in [3.05, 3.63) is 52.5 Å². The summed E-state index contributed by atoms with van der Waals surface area (Å²) in [5.74, 6) is -0.773. The van der Waals surface area contributed by atoms with E-state index in [2.05, 4.69) is 21.2 Å². The van der Waals surface area contributed by atoms with E-state index in [9.17, 15) is 15.0 Å². The zero-order valence-corrected chi connectivity index (χ0v) is 10.8. The Hall–Kier alpha value is -2.01. The molecular formula is C13H10BrNO3. The molecule has 0 saturated heterocycles. The molecule has 1 amide bonds. The number of aromatic hydroxyl groups is 2. The van der Waals surface area contributed by atoms with Gasteiger partial charge in [-0.25, -0.2) is 0 Å². The van der Waals surface area contributed by atoms with Crippen LogP contribution in [0.5, 0.6) is 11.5 Å². The molecule has 0 saturated carbocycles. The smallest absolute Gasteiger partial charge is 0.255 e. The van der Waals surface area contributed by atoms with E-state index in [1.165, 1.54) is 18.2 Å². The first kappa shape index (κ1) is 12.4. The number of carbonyl (C=O) groups excluding carboxylic acids is 1. The second-order valence-corrected chi connectivity index (χ2v) is 4.55. The lowest BCUT2D eigenvalue weighted by molar-refractivity contribution is 0.102. The van der Waals surface area contributed by atoms with E-state index in [0.29, 0.717) is 5.56 Å². The molecule has 0 aliphatic rings. The number of para-hydroxylation sites is 1. The fraction of sp³-hybridized carbons (Fsp3) is 0. The lowest BCUT2D eigenvalue weighted by Gasteiger charge is -2.09. The molecular weight excluding hydrogens is 298 g/mol. The Bertz CT molecular complexity index is 578. The third-order valence-electron chi connectivity index (χ3n) is 2.35. The Kier molecular flexibility index (Phi) is 3.53. The summed E-state index contributed by atoms with van der Waals surface area (Å²) < 4.78 is 0.775. The summed E-state index contributed by atoms with van der Waals surface area (Å²) in [5, 5.41) is 21.6. The van der Waals surface area contributed by atoms with Gasteiger partial charge in [-0.3, -0.25) is 4.79 Å². The number of anilines is 1. The van der Waals surface area contributed by atoms with Crippen LogP contribution in [-0.2, 0) is 0 Å². The van der Waals surface area contributed by atoms with Gasteiger partial charge in [-0.1, -0.05) is 28.1 Å². The van der Waals surface area contributed by atoms with Crippen molar-refractivity contribution in [1.29, 1.82) is 0 Å². The van der Waals surface area contributed by atoms with E-state index in [4.69, 9.17) is 0 Å². The van der Waals surface area contributed by atoms with Crippen LogP contribution in [0.2, 0.25) is 0 Å². The molecule has 2 aromatic rings. The van der Waals surface area contributed by atoms with E-state index in [1.54, 1.807) is 24.3 Å². The molecule has 0 bridgehead atoms. The highest BCUT2D eigenvalue weighted by molar-refractivity contribution is 9.10. The zero-order chi connectivity index (χ0) is 13.1. The molecule has 0 unspecified atom stereocenters. The van der Waals surface area contributed by atoms with Gasteiger partial charge >= 0.3 is 0 Å². The zero-order valence-electron chi connectivity index (χ0n) is 9.22. The molecule has 0 aliphatic carbocycles. The van der Waals surface area contributed by atoms with Crippen LogP contribution in [0.1, 0.15) is 10.4 Å². The first-order chi connectivity index (χ1) is 8.58. The predicted molar refractivity (Wildman–Crippen MR) is 71.9 cm³/mol. The van der Waals surface area contributed by atoms with Crippen molar-refractivity contribution in [2.75, 3.05) is 5.32 Å². The first-order valence-corrected chi connectivity index (χ1v) is 5.95. The molecule has 0 heterocycles. The minimum Gasteiger partial charge on any atom is -0.506 e. The number of phenolic OH excluding ortho intramolecular Hbond substituents is 2. The first-order valence-electron chi connectivity index (χ1n) is 5.16. The molecule has 0 aromatic heterocycles. The lowest BCUT2D eigenvalue weighted by Crippen LogP contribution is -2.12. The highest BCUT2D eigenvalue weighted by Crippen LogP contribution is 2.32. The van der Waals surface area contributed by atoms with Crippen LogP contribution in [-0.4, -0.2) is 16.1 Å².